The summed E-state index contributed by atoms with van der Waals surface area (Å²) in [5.41, 5.74) is -1.18. The molecule has 1 fully saturated rings. The first-order valence-electron chi connectivity index (χ1n) is 6.18. The molecule has 21 heavy (non-hydrogen) atoms. The zero-order valence-electron chi connectivity index (χ0n) is 10.9. The molecule has 0 spiro atoms. The number of nitrogens with one attached hydrogen (secondary N) is 1. The van der Waals surface area contributed by atoms with Gasteiger partial charge in [-0.25, -0.2) is 17.5 Å². The number of sulfonamides is 1. The lowest BCUT2D eigenvalue weighted by molar-refractivity contribution is -0.0588. The van der Waals surface area contributed by atoms with Gasteiger partial charge in [-0.3, -0.25) is 0 Å². The molecule has 0 amide bonds. The second-order valence-corrected chi connectivity index (χ2v) is 7.36. The smallest absolute Gasteiger partial charge is 0.242 e. The fourth-order valence-electron chi connectivity index (χ4n) is 1.95. The topological polar surface area (TPSA) is 75.6 Å². The normalized spacial score (nSPS) is 18.7. The molecule has 1 aromatic carbocycles. The van der Waals surface area contributed by atoms with Crippen LogP contribution >= 0.6 is 23.2 Å². The van der Waals surface area contributed by atoms with E-state index in [0.717, 1.165) is 12.1 Å². The van der Waals surface area contributed by atoms with Crippen LogP contribution in [0.25, 0.3) is 0 Å². The standard InChI is InChI=1S/C12H14Cl2FNO4S/c13-8-1-2-9(10(14)11(8)15)21(18,19)16-7-12(17)3-5-20-6-4-12/h1-2,16-17H,3-7H2. The molecule has 0 unspecified atom stereocenters. The maximum atomic E-state index is 13.6. The van der Waals surface area contributed by atoms with Gasteiger partial charge in [0.15, 0.2) is 5.82 Å². The summed E-state index contributed by atoms with van der Waals surface area (Å²) in [6, 6.07) is 2.23. The predicted octanol–water partition coefficient (Wildman–Crippen LogP) is 1.95. The third-order valence-corrected chi connectivity index (χ3v) is 5.52. The quantitative estimate of drug-likeness (QED) is 0.807. The summed E-state index contributed by atoms with van der Waals surface area (Å²) in [4.78, 5) is -0.415. The van der Waals surface area contributed by atoms with Crippen molar-refractivity contribution in [3.05, 3.63) is 28.0 Å². The van der Waals surface area contributed by atoms with Gasteiger partial charge in [0.1, 0.15) is 4.90 Å². The lowest BCUT2D eigenvalue weighted by Crippen LogP contribution is -2.46. The number of halogens is 3. The Balaban J connectivity index is 2.17. The van der Waals surface area contributed by atoms with Gasteiger partial charge < -0.3 is 9.84 Å². The van der Waals surface area contributed by atoms with E-state index in [2.05, 4.69) is 4.72 Å². The zero-order valence-corrected chi connectivity index (χ0v) is 13.2. The van der Waals surface area contributed by atoms with Crippen molar-refractivity contribution >= 4 is 33.2 Å². The van der Waals surface area contributed by atoms with Crippen LogP contribution < -0.4 is 4.72 Å². The molecule has 118 valence electrons. The Bertz CT molecular complexity index is 632. The average Bonchev–Trinajstić information content (AvgIpc) is 2.44. The predicted molar refractivity (Wildman–Crippen MR) is 76.6 cm³/mol. The van der Waals surface area contributed by atoms with Gasteiger partial charge in [-0.1, -0.05) is 23.2 Å². The van der Waals surface area contributed by atoms with E-state index in [1.807, 2.05) is 0 Å². The highest BCUT2D eigenvalue weighted by Gasteiger charge is 2.32. The number of ether oxygens (including phenoxy) is 1. The van der Waals surface area contributed by atoms with Crippen LogP contribution in [0.1, 0.15) is 12.8 Å². The molecule has 5 nitrogen and oxygen atoms in total. The average molecular weight is 358 g/mol. The van der Waals surface area contributed by atoms with Crippen LogP contribution in [-0.4, -0.2) is 38.9 Å². The van der Waals surface area contributed by atoms with Crippen molar-refractivity contribution in [1.29, 1.82) is 0 Å². The maximum Gasteiger partial charge on any atom is 0.242 e. The van der Waals surface area contributed by atoms with E-state index in [-0.39, 0.29) is 11.6 Å². The first-order valence-corrected chi connectivity index (χ1v) is 8.42. The van der Waals surface area contributed by atoms with Crippen molar-refractivity contribution < 1.29 is 22.7 Å². The van der Waals surface area contributed by atoms with Gasteiger partial charge >= 0.3 is 0 Å². The molecule has 1 heterocycles. The second kappa shape index (κ2) is 6.36. The van der Waals surface area contributed by atoms with Gasteiger partial charge in [0.25, 0.3) is 0 Å². The van der Waals surface area contributed by atoms with E-state index in [4.69, 9.17) is 27.9 Å². The van der Waals surface area contributed by atoms with Gasteiger partial charge in [-0.15, -0.1) is 0 Å². The van der Waals surface area contributed by atoms with E-state index in [1.165, 1.54) is 0 Å². The van der Waals surface area contributed by atoms with Crippen LogP contribution in [0.5, 0.6) is 0 Å². The Morgan fingerprint density at radius 1 is 1.33 bits per heavy atom. The van der Waals surface area contributed by atoms with Crippen LogP contribution in [0.3, 0.4) is 0 Å². The number of benzene rings is 1. The van der Waals surface area contributed by atoms with Crippen LogP contribution in [0.15, 0.2) is 17.0 Å². The van der Waals surface area contributed by atoms with Crippen molar-refractivity contribution in [2.75, 3.05) is 19.8 Å². The summed E-state index contributed by atoms with van der Waals surface area (Å²) in [7, 11) is -4.05. The maximum absolute atomic E-state index is 13.6. The summed E-state index contributed by atoms with van der Waals surface area (Å²) < 4.78 is 45.2. The number of aliphatic hydroxyl groups is 1. The van der Waals surface area contributed by atoms with Gasteiger partial charge in [-0.05, 0) is 12.1 Å². The second-order valence-electron chi connectivity index (χ2n) is 4.83. The molecule has 0 aromatic heterocycles. The fraction of sp³-hybridized carbons (Fsp3) is 0.500. The summed E-state index contributed by atoms with van der Waals surface area (Å²) in [5, 5.41) is 9.38. The van der Waals surface area contributed by atoms with Crippen LogP contribution in [0, 0.1) is 5.82 Å². The molecular weight excluding hydrogens is 344 g/mol. The van der Waals surface area contributed by atoms with E-state index < -0.39 is 31.4 Å². The highest BCUT2D eigenvalue weighted by molar-refractivity contribution is 7.89. The molecule has 1 saturated heterocycles. The van der Waals surface area contributed by atoms with Crippen molar-refractivity contribution in [3.63, 3.8) is 0 Å². The third kappa shape index (κ3) is 3.85. The van der Waals surface area contributed by atoms with Gasteiger partial charge in [0.05, 0.1) is 15.6 Å². The van der Waals surface area contributed by atoms with Crippen molar-refractivity contribution in [1.82, 2.24) is 4.72 Å². The minimum atomic E-state index is -4.05. The minimum Gasteiger partial charge on any atom is -0.388 e. The molecular formula is C12H14Cl2FNO4S. The molecule has 9 heteroatoms. The van der Waals surface area contributed by atoms with Gasteiger partial charge in [0, 0.05) is 32.6 Å². The Morgan fingerprint density at radius 2 is 1.95 bits per heavy atom. The van der Waals surface area contributed by atoms with Crippen molar-refractivity contribution in [2.45, 2.75) is 23.3 Å². The number of hydrogen-bond donors (Lipinski definition) is 2. The van der Waals surface area contributed by atoms with Crippen LogP contribution in [0.4, 0.5) is 4.39 Å². The number of rotatable bonds is 4. The summed E-state index contributed by atoms with van der Waals surface area (Å²) in [5.74, 6) is -0.994. The zero-order chi connectivity index (χ0) is 15.7. The largest absolute Gasteiger partial charge is 0.388 e. The molecule has 1 aliphatic rings. The van der Waals surface area contributed by atoms with Gasteiger partial charge in [0.2, 0.25) is 10.0 Å². The lowest BCUT2D eigenvalue weighted by atomic mass is 9.95. The fourth-order valence-corrected chi connectivity index (χ4v) is 3.81. The van der Waals surface area contributed by atoms with Crippen molar-refractivity contribution in [3.8, 4) is 0 Å². The SMILES string of the molecule is O=S(=O)(NCC1(O)CCOCC1)c1ccc(Cl)c(F)c1Cl. The molecule has 0 aliphatic carbocycles. The molecule has 1 aliphatic heterocycles. The Hall–Kier alpha value is -0.440. The summed E-state index contributed by atoms with van der Waals surface area (Å²) >= 11 is 11.2. The molecule has 0 bridgehead atoms. The first kappa shape index (κ1) is 16.9. The summed E-state index contributed by atoms with van der Waals surface area (Å²) in [6.45, 7) is 0.516. The van der Waals surface area contributed by atoms with Crippen LogP contribution in [-0.2, 0) is 14.8 Å². The summed E-state index contributed by atoms with van der Waals surface area (Å²) in [6.07, 6.45) is 0.635. The Morgan fingerprint density at radius 3 is 2.57 bits per heavy atom. The molecule has 0 radical (unpaired) electrons. The highest BCUT2D eigenvalue weighted by Crippen LogP contribution is 2.29. The highest BCUT2D eigenvalue weighted by atomic mass is 35.5. The lowest BCUT2D eigenvalue weighted by Gasteiger charge is -2.32. The molecule has 0 atom stereocenters. The third-order valence-electron chi connectivity index (χ3n) is 3.30. The van der Waals surface area contributed by atoms with Crippen LogP contribution in [0.2, 0.25) is 10.0 Å². The Labute approximate surface area is 132 Å². The van der Waals surface area contributed by atoms with Gasteiger partial charge in [-0.2, -0.15) is 0 Å². The monoisotopic (exact) mass is 357 g/mol. The Kier molecular flexibility index (Phi) is 5.12. The minimum absolute atomic E-state index is 0.195. The molecule has 0 saturated carbocycles. The molecule has 2 rings (SSSR count). The van der Waals surface area contributed by atoms with E-state index in [1.54, 1.807) is 0 Å². The number of hydrogen-bond acceptors (Lipinski definition) is 4. The first-order chi connectivity index (χ1) is 9.75. The van der Waals surface area contributed by atoms with Crippen molar-refractivity contribution in [2.24, 2.45) is 0 Å². The van der Waals surface area contributed by atoms with E-state index in [0.29, 0.717) is 26.1 Å². The molecule has 2 N–H and O–H groups in total. The van der Waals surface area contributed by atoms with E-state index in [9.17, 15) is 17.9 Å². The van der Waals surface area contributed by atoms with E-state index >= 15 is 0 Å². The molecule has 1 aromatic rings.